The van der Waals surface area contributed by atoms with Crippen LogP contribution in [0.4, 0.5) is 0 Å². The molecule has 15 heavy (non-hydrogen) atoms. The molecule has 0 aromatic heterocycles. The molecule has 0 bridgehead atoms. The fourth-order valence-electron chi connectivity index (χ4n) is 1.33. The second kappa shape index (κ2) is 11.0. The highest BCUT2D eigenvalue weighted by Crippen LogP contribution is 2.08. The van der Waals surface area contributed by atoms with Crippen molar-refractivity contribution in [3.05, 3.63) is 0 Å². The predicted octanol–water partition coefficient (Wildman–Crippen LogP) is 2.67. The average molecular weight is 215 g/mol. The van der Waals surface area contributed by atoms with Crippen molar-refractivity contribution in [3.63, 3.8) is 0 Å². The predicted molar refractivity (Wildman–Crippen MR) is 55.5 cm³/mol. The summed E-state index contributed by atoms with van der Waals surface area (Å²) in [5.74, 6) is -0.507. The maximum absolute atomic E-state index is 10.8. The van der Waals surface area contributed by atoms with Gasteiger partial charge in [-0.25, -0.2) is 19.4 Å². The highest BCUT2D eigenvalue weighted by molar-refractivity contribution is 5.69. The molecule has 0 aromatic carbocycles. The summed E-state index contributed by atoms with van der Waals surface area (Å²) in [7, 11) is 0. The molecule has 0 amide bonds. The molecular formula is C11H19O4. The summed E-state index contributed by atoms with van der Waals surface area (Å²) >= 11 is 0. The largest absolute Gasteiger partial charge is 0.467 e. The van der Waals surface area contributed by atoms with Gasteiger partial charge in [-0.2, -0.15) is 0 Å². The third kappa shape index (κ3) is 10.9. The molecule has 4 heteroatoms. The van der Waals surface area contributed by atoms with E-state index in [0.29, 0.717) is 6.42 Å². The molecule has 0 fully saturated rings. The summed E-state index contributed by atoms with van der Waals surface area (Å²) in [5, 5.41) is 0. The van der Waals surface area contributed by atoms with Gasteiger partial charge in [0.25, 0.3) is 0 Å². The van der Waals surface area contributed by atoms with Gasteiger partial charge >= 0.3 is 12.4 Å². The van der Waals surface area contributed by atoms with Crippen LogP contribution in [0, 0.1) is 0 Å². The Morgan fingerprint density at radius 3 is 2.27 bits per heavy atom. The molecule has 0 aliphatic carbocycles. The minimum atomic E-state index is -0.507. The zero-order valence-corrected chi connectivity index (χ0v) is 9.29. The molecule has 87 valence electrons. The standard InChI is InChI=1S/C11H19O4/c1-2-3-4-5-6-7-8-9-11(13)15-14-10-12/h2-9H2,1H3. The highest BCUT2D eigenvalue weighted by Gasteiger charge is 2.03. The first-order valence-corrected chi connectivity index (χ1v) is 5.54. The zero-order valence-electron chi connectivity index (χ0n) is 9.29. The lowest BCUT2D eigenvalue weighted by Crippen LogP contribution is -2.03. The molecule has 0 unspecified atom stereocenters. The van der Waals surface area contributed by atoms with E-state index in [-0.39, 0.29) is 0 Å². The van der Waals surface area contributed by atoms with Crippen molar-refractivity contribution < 1.29 is 19.4 Å². The van der Waals surface area contributed by atoms with E-state index in [9.17, 15) is 9.59 Å². The molecule has 0 atom stereocenters. The molecule has 0 saturated carbocycles. The summed E-state index contributed by atoms with van der Waals surface area (Å²) in [5.41, 5.74) is 0. The van der Waals surface area contributed by atoms with Gasteiger partial charge in [0.15, 0.2) is 0 Å². The van der Waals surface area contributed by atoms with E-state index >= 15 is 0 Å². The average Bonchev–Trinajstić information content (AvgIpc) is 2.25. The smallest absolute Gasteiger partial charge is 0.247 e. The zero-order chi connectivity index (χ0) is 11.4. The van der Waals surface area contributed by atoms with Crippen LogP contribution in [0.5, 0.6) is 0 Å². The molecule has 0 N–H and O–H groups in total. The number of carbonyl (C=O) groups is 1. The highest BCUT2D eigenvalue weighted by atomic mass is 17.2. The van der Waals surface area contributed by atoms with Crippen LogP contribution in [0.3, 0.4) is 0 Å². The topological polar surface area (TPSA) is 52.6 Å². The monoisotopic (exact) mass is 215 g/mol. The van der Waals surface area contributed by atoms with Gasteiger partial charge in [0.05, 0.1) is 6.42 Å². The Morgan fingerprint density at radius 2 is 1.67 bits per heavy atom. The summed E-state index contributed by atoms with van der Waals surface area (Å²) in [4.78, 5) is 28.2. The fraction of sp³-hybridized carbons (Fsp3) is 0.818. The number of carbonyl (C=O) groups excluding carboxylic acids is 2. The Kier molecular flexibility index (Phi) is 10.2. The molecule has 0 saturated heterocycles. The second-order valence-corrected chi connectivity index (χ2v) is 3.49. The van der Waals surface area contributed by atoms with Gasteiger partial charge in [-0.3, -0.25) is 0 Å². The summed E-state index contributed by atoms with van der Waals surface area (Å²) in [6.07, 6.45) is 8.27. The molecular weight excluding hydrogens is 196 g/mol. The maximum atomic E-state index is 10.8. The Morgan fingerprint density at radius 1 is 1.07 bits per heavy atom. The number of unbranched alkanes of at least 4 members (excludes halogenated alkanes) is 6. The number of rotatable bonds is 10. The number of hydrogen-bond acceptors (Lipinski definition) is 4. The first-order valence-electron chi connectivity index (χ1n) is 5.54. The van der Waals surface area contributed by atoms with Crippen molar-refractivity contribution >= 4 is 12.4 Å². The van der Waals surface area contributed by atoms with Crippen molar-refractivity contribution in [1.29, 1.82) is 0 Å². The maximum Gasteiger partial charge on any atom is 0.467 e. The van der Waals surface area contributed by atoms with Gasteiger partial charge in [-0.15, -0.1) is 0 Å². The van der Waals surface area contributed by atoms with Crippen LogP contribution >= 0.6 is 0 Å². The minimum Gasteiger partial charge on any atom is -0.247 e. The molecule has 0 rings (SSSR count). The third-order valence-electron chi connectivity index (χ3n) is 2.15. The first-order chi connectivity index (χ1) is 7.31. The van der Waals surface area contributed by atoms with Crippen LogP contribution in [0.25, 0.3) is 0 Å². The second-order valence-electron chi connectivity index (χ2n) is 3.49. The van der Waals surface area contributed by atoms with Crippen molar-refractivity contribution in [2.75, 3.05) is 0 Å². The molecule has 4 nitrogen and oxygen atoms in total. The lowest BCUT2D eigenvalue weighted by atomic mass is 10.1. The molecule has 0 aliphatic rings. The molecule has 0 spiro atoms. The van der Waals surface area contributed by atoms with Gasteiger partial charge in [-0.1, -0.05) is 45.4 Å². The van der Waals surface area contributed by atoms with E-state index in [0.717, 1.165) is 25.7 Å². The quantitative estimate of drug-likeness (QED) is 0.319. The number of hydrogen-bond donors (Lipinski definition) is 0. The van der Waals surface area contributed by atoms with Crippen LogP contribution in [0.2, 0.25) is 0 Å². The van der Waals surface area contributed by atoms with E-state index in [1.165, 1.54) is 25.7 Å². The van der Waals surface area contributed by atoms with Crippen molar-refractivity contribution in [1.82, 2.24) is 0 Å². The first kappa shape index (κ1) is 13.9. The lowest BCUT2D eigenvalue weighted by molar-refractivity contribution is -0.222. The van der Waals surface area contributed by atoms with Gasteiger partial charge in [0.2, 0.25) is 0 Å². The summed E-state index contributed by atoms with van der Waals surface area (Å²) in [6, 6.07) is 0. The van der Waals surface area contributed by atoms with Gasteiger partial charge in [-0.05, 0) is 6.42 Å². The third-order valence-corrected chi connectivity index (χ3v) is 2.15. The van der Waals surface area contributed by atoms with Crippen LogP contribution in [0.1, 0.15) is 58.3 Å². The molecule has 0 aromatic rings. The Bertz CT molecular complexity index is 168. The van der Waals surface area contributed by atoms with Gasteiger partial charge in [0.1, 0.15) is 0 Å². The van der Waals surface area contributed by atoms with Crippen LogP contribution < -0.4 is 0 Å². The normalized spacial score (nSPS) is 9.67. The van der Waals surface area contributed by atoms with Crippen LogP contribution in [-0.2, 0) is 19.4 Å². The molecule has 0 heterocycles. The Labute approximate surface area is 90.9 Å². The van der Waals surface area contributed by atoms with E-state index in [2.05, 4.69) is 16.7 Å². The Hall–Kier alpha value is -1.06. The van der Waals surface area contributed by atoms with Crippen molar-refractivity contribution in [2.45, 2.75) is 58.3 Å². The van der Waals surface area contributed by atoms with Crippen molar-refractivity contribution in [3.8, 4) is 0 Å². The SMILES string of the molecule is CCCCCCCCCC(=O)OO[C]=O. The fourth-order valence-corrected chi connectivity index (χ4v) is 1.33. The summed E-state index contributed by atoms with van der Waals surface area (Å²) < 4.78 is 0. The minimum absolute atomic E-state index is 0.301. The molecule has 1 radical (unpaired) electrons. The van der Waals surface area contributed by atoms with E-state index in [1.807, 2.05) is 0 Å². The van der Waals surface area contributed by atoms with Gasteiger partial charge in [0, 0.05) is 0 Å². The van der Waals surface area contributed by atoms with Crippen molar-refractivity contribution in [2.24, 2.45) is 0 Å². The van der Waals surface area contributed by atoms with E-state index in [1.54, 1.807) is 0 Å². The lowest BCUT2D eigenvalue weighted by Gasteiger charge is -2.00. The van der Waals surface area contributed by atoms with E-state index in [4.69, 9.17) is 0 Å². The summed E-state index contributed by atoms with van der Waals surface area (Å²) in [6.45, 7) is 3.21. The van der Waals surface area contributed by atoms with Crippen LogP contribution in [-0.4, -0.2) is 12.4 Å². The molecule has 0 aliphatic heterocycles. The van der Waals surface area contributed by atoms with Crippen LogP contribution in [0.15, 0.2) is 0 Å². The van der Waals surface area contributed by atoms with E-state index < -0.39 is 5.97 Å². The Balaban J connectivity index is 3.09. The van der Waals surface area contributed by atoms with Gasteiger partial charge < -0.3 is 0 Å².